The number of amides is 1. The third-order valence-electron chi connectivity index (χ3n) is 3.03. The molecular formula is C12H19N2OS2+. The largest absolute Gasteiger partial charge is 0.347 e. The number of nitrogens with two attached hydrogens (primary N) is 1. The molecule has 1 amide bonds. The van der Waals surface area contributed by atoms with E-state index in [1.165, 1.54) is 10.4 Å². The Morgan fingerprint density at radius 2 is 2.29 bits per heavy atom. The van der Waals surface area contributed by atoms with E-state index in [2.05, 4.69) is 23.7 Å². The Kier molecular flexibility index (Phi) is 4.12. The first-order valence-corrected chi connectivity index (χ1v) is 7.75. The van der Waals surface area contributed by atoms with Crippen molar-refractivity contribution in [3.8, 4) is 0 Å². The van der Waals surface area contributed by atoms with Crippen LogP contribution in [0.25, 0.3) is 0 Å². The fourth-order valence-electron chi connectivity index (χ4n) is 2.01. The van der Waals surface area contributed by atoms with Gasteiger partial charge in [0.15, 0.2) is 0 Å². The molecule has 1 aliphatic heterocycles. The van der Waals surface area contributed by atoms with Gasteiger partial charge in [0.2, 0.25) is 5.91 Å². The molecule has 0 unspecified atom stereocenters. The van der Waals surface area contributed by atoms with Gasteiger partial charge in [-0.15, -0.1) is 23.1 Å². The number of rotatable bonds is 4. The molecule has 94 valence electrons. The van der Waals surface area contributed by atoms with E-state index in [9.17, 15) is 4.79 Å². The number of nitrogens with zero attached hydrogens (tertiary/aromatic N) is 1. The molecular weight excluding hydrogens is 252 g/mol. The molecule has 2 atom stereocenters. The van der Waals surface area contributed by atoms with Crippen LogP contribution in [0.2, 0.25) is 0 Å². The normalized spacial score (nSPS) is 24.6. The van der Waals surface area contributed by atoms with E-state index in [0.29, 0.717) is 0 Å². The molecule has 0 radical (unpaired) electrons. The first-order valence-electron chi connectivity index (χ1n) is 5.93. The highest BCUT2D eigenvalue weighted by Gasteiger charge is 2.39. The number of hydrogen-bond acceptors (Lipinski definition) is 3. The Morgan fingerprint density at radius 1 is 1.53 bits per heavy atom. The third kappa shape index (κ3) is 2.51. The van der Waals surface area contributed by atoms with Crippen LogP contribution < -0.4 is 5.32 Å². The average Bonchev–Trinajstić information content (AvgIpc) is 2.83. The van der Waals surface area contributed by atoms with Crippen LogP contribution in [0.15, 0.2) is 11.4 Å². The topological polar surface area (TPSA) is 36.9 Å². The molecule has 5 heteroatoms. The van der Waals surface area contributed by atoms with Gasteiger partial charge < -0.3 is 10.2 Å². The minimum absolute atomic E-state index is 0.0957. The molecule has 1 saturated heterocycles. The number of aryl methyl sites for hydroxylation is 1. The van der Waals surface area contributed by atoms with Gasteiger partial charge in [0.05, 0.1) is 25.4 Å². The number of carbonyl (C=O) groups is 1. The first kappa shape index (κ1) is 12.9. The lowest BCUT2D eigenvalue weighted by Crippen LogP contribution is -2.81. The van der Waals surface area contributed by atoms with Gasteiger partial charge in [0.25, 0.3) is 0 Å². The summed E-state index contributed by atoms with van der Waals surface area (Å²) in [5.41, 5.74) is 1.31. The van der Waals surface area contributed by atoms with Gasteiger partial charge in [-0.05, 0) is 30.9 Å². The van der Waals surface area contributed by atoms with E-state index in [0.717, 1.165) is 13.1 Å². The van der Waals surface area contributed by atoms with Crippen molar-refractivity contribution in [3.63, 3.8) is 0 Å². The Bertz CT molecular complexity index is 405. The number of likely N-dealkylation sites (N-methyl/N-ethyl adjacent to an activating group) is 1. The van der Waals surface area contributed by atoms with Gasteiger partial charge in [-0.3, -0.25) is 4.79 Å². The Balaban J connectivity index is 2.20. The molecule has 2 rings (SSSR count). The summed E-state index contributed by atoms with van der Waals surface area (Å²) in [5.74, 6) is 0.287. The van der Waals surface area contributed by atoms with Crippen molar-refractivity contribution in [1.29, 1.82) is 0 Å². The lowest BCUT2D eigenvalue weighted by molar-refractivity contribution is -0.626. The highest BCUT2D eigenvalue weighted by atomic mass is 32.2. The lowest BCUT2D eigenvalue weighted by Gasteiger charge is -2.22. The molecule has 3 nitrogen and oxygen atoms in total. The van der Waals surface area contributed by atoms with E-state index in [1.807, 2.05) is 18.9 Å². The maximum Gasteiger partial charge on any atom is 0.236 e. The van der Waals surface area contributed by atoms with Gasteiger partial charge in [-0.2, -0.15) is 0 Å². The minimum Gasteiger partial charge on any atom is -0.347 e. The average molecular weight is 271 g/mol. The Morgan fingerprint density at radius 3 is 2.88 bits per heavy atom. The molecule has 1 aromatic rings. The molecule has 0 spiro atoms. The van der Waals surface area contributed by atoms with Crippen LogP contribution in [-0.4, -0.2) is 36.2 Å². The summed E-state index contributed by atoms with van der Waals surface area (Å²) in [6, 6.07) is 2.14. The fourth-order valence-corrected chi connectivity index (χ4v) is 4.56. The van der Waals surface area contributed by atoms with Crippen LogP contribution in [0.4, 0.5) is 0 Å². The highest BCUT2D eigenvalue weighted by molar-refractivity contribution is 8.01. The Hall–Kier alpha value is -0.520. The second-order valence-corrected chi connectivity index (χ2v) is 6.70. The summed E-state index contributed by atoms with van der Waals surface area (Å²) in [6.07, 6.45) is 0. The number of thioether (sulfide) groups is 1. The fraction of sp³-hybridized carbons (Fsp3) is 0.583. The molecule has 0 bridgehead atoms. The zero-order valence-electron chi connectivity index (χ0n) is 10.5. The van der Waals surface area contributed by atoms with Gasteiger partial charge >= 0.3 is 0 Å². The summed E-state index contributed by atoms with van der Waals surface area (Å²) in [7, 11) is 2.04. The summed E-state index contributed by atoms with van der Waals surface area (Å²) < 4.78 is 0. The molecule has 1 fully saturated rings. The monoisotopic (exact) mass is 271 g/mol. The maximum atomic E-state index is 12.1. The summed E-state index contributed by atoms with van der Waals surface area (Å²) in [5, 5.41) is 4.57. The Labute approximate surface area is 111 Å². The van der Waals surface area contributed by atoms with Crippen molar-refractivity contribution in [2.75, 3.05) is 20.1 Å². The minimum atomic E-state index is 0.0957. The van der Waals surface area contributed by atoms with Crippen LogP contribution in [0.1, 0.15) is 22.7 Å². The molecule has 1 aromatic heterocycles. The smallest absolute Gasteiger partial charge is 0.236 e. The third-order valence-corrected chi connectivity index (χ3v) is 5.61. The van der Waals surface area contributed by atoms with Crippen molar-refractivity contribution in [2.24, 2.45) is 0 Å². The van der Waals surface area contributed by atoms with Crippen molar-refractivity contribution in [3.05, 3.63) is 21.9 Å². The molecule has 17 heavy (non-hydrogen) atoms. The van der Waals surface area contributed by atoms with Gasteiger partial charge in [0, 0.05) is 4.88 Å². The molecule has 0 aliphatic carbocycles. The second-order valence-electron chi connectivity index (χ2n) is 4.33. The van der Waals surface area contributed by atoms with Crippen LogP contribution in [0.5, 0.6) is 0 Å². The predicted octanol–water partition coefficient (Wildman–Crippen LogP) is 1.21. The standard InChI is InChI=1S/C12H18N2OS2/c1-8-4-7-16-10(8)12-14(6-5-13-3)11(15)9(2)17-12/h4,7,9,12-13H,5-6H2,1-3H3/p+1/t9-,12+/m0/s1. The van der Waals surface area contributed by atoms with E-state index in [4.69, 9.17) is 0 Å². The van der Waals surface area contributed by atoms with E-state index in [-0.39, 0.29) is 16.5 Å². The van der Waals surface area contributed by atoms with Crippen molar-refractivity contribution in [1.82, 2.24) is 4.90 Å². The molecule has 0 saturated carbocycles. The zero-order chi connectivity index (χ0) is 12.4. The number of quaternary nitrogens is 1. The van der Waals surface area contributed by atoms with Crippen LogP contribution in [0, 0.1) is 6.92 Å². The first-order chi connectivity index (χ1) is 8.15. The molecule has 0 aromatic carbocycles. The number of thiophene rings is 1. The molecule has 1 aliphatic rings. The predicted molar refractivity (Wildman–Crippen MR) is 73.3 cm³/mol. The SMILES string of the molecule is C[NH2+]CCN1C(=O)[C@H](C)S[C@@H]1c1sccc1C. The van der Waals surface area contributed by atoms with Crippen LogP contribution in [-0.2, 0) is 4.79 Å². The van der Waals surface area contributed by atoms with Gasteiger partial charge in [-0.25, -0.2) is 0 Å². The summed E-state index contributed by atoms with van der Waals surface area (Å²) in [4.78, 5) is 15.5. The highest BCUT2D eigenvalue weighted by Crippen LogP contribution is 2.45. The van der Waals surface area contributed by atoms with Gasteiger partial charge in [0.1, 0.15) is 5.37 Å². The summed E-state index contributed by atoms with van der Waals surface area (Å²) in [6.45, 7) is 5.96. The van der Waals surface area contributed by atoms with E-state index >= 15 is 0 Å². The van der Waals surface area contributed by atoms with Crippen molar-refractivity contribution >= 4 is 29.0 Å². The van der Waals surface area contributed by atoms with Crippen LogP contribution >= 0.6 is 23.1 Å². The van der Waals surface area contributed by atoms with Crippen LogP contribution in [0.3, 0.4) is 0 Å². The molecule has 2 heterocycles. The van der Waals surface area contributed by atoms with Crippen molar-refractivity contribution < 1.29 is 10.1 Å². The lowest BCUT2D eigenvalue weighted by atomic mass is 10.2. The molecule has 2 N–H and O–H groups in total. The second kappa shape index (κ2) is 5.42. The summed E-state index contributed by atoms with van der Waals surface area (Å²) >= 11 is 3.54. The quantitative estimate of drug-likeness (QED) is 0.894. The van der Waals surface area contributed by atoms with E-state index < -0.39 is 0 Å². The number of hydrogen-bond donors (Lipinski definition) is 1. The van der Waals surface area contributed by atoms with Gasteiger partial charge in [-0.1, -0.05) is 0 Å². The number of carbonyl (C=O) groups excluding carboxylic acids is 1. The van der Waals surface area contributed by atoms with Crippen molar-refractivity contribution in [2.45, 2.75) is 24.5 Å². The zero-order valence-corrected chi connectivity index (χ0v) is 12.1. The van der Waals surface area contributed by atoms with E-state index in [1.54, 1.807) is 23.1 Å². The maximum absolute atomic E-state index is 12.1.